The van der Waals surface area contributed by atoms with Crippen LogP contribution in [-0.4, -0.2) is 29.7 Å². The Balaban J connectivity index is 2.00. The fourth-order valence-electron chi connectivity index (χ4n) is 2.93. The third kappa shape index (κ3) is 2.84. The molecule has 1 heterocycles. The highest BCUT2D eigenvalue weighted by Gasteiger charge is 2.25. The number of nitrogens with zero attached hydrogens (tertiary/aromatic N) is 1. The summed E-state index contributed by atoms with van der Waals surface area (Å²) in [6.45, 7) is 1.37. The highest BCUT2D eigenvalue weighted by molar-refractivity contribution is 6.04. The summed E-state index contributed by atoms with van der Waals surface area (Å²) >= 11 is 0. The number of allylic oxidation sites excluding steroid dienone is 1. The Labute approximate surface area is 132 Å². The van der Waals surface area contributed by atoms with Gasteiger partial charge in [-0.2, -0.15) is 0 Å². The second-order valence-corrected chi connectivity index (χ2v) is 5.44. The molecular weight excluding hydrogens is 301 g/mol. The van der Waals surface area contributed by atoms with E-state index in [9.17, 15) is 14.0 Å². The molecule has 0 unspecified atom stereocenters. The molecule has 0 amide bonds. The summed E-state index contributed by atoms with van der Waals surface area (Å²) in [6.07, 6.45) is 5.66. The zero-order chi connectivity index (χ0) is 16.6. The molecule has 1 aromatic carbocycles. The van der Waals surface area contributed by atoms with Crippen LogP contribution in [0.1, 0.15) is 29.7 Å². The Bertz CT molecular complexity index is 808. The first-order valence-electron chi connectivity index (χ1n) is 7.23. The van der Waals surface area contributed by atoms with Crippen molar-refractivity contribution in [1.82, 2.24) is 4.57 Å². The first-order valence-corrected chi connectivity index (χ1v) is 7.23. The van der Waals surface area contributed by atoms with Gasteiger partial charge in [0.25, 0.3) is 0 Å². The van der Waals surface area contributed by atoms with E-state index < -0.39 is 11.8 Å². The van der Waals surface area contributed by atoms with Crippen molar-refractivity contribution in [3.05, 3.63) is 47.9 Å². The number of hydrogen-bond donors (Lipinski definition) is 0. The first-order chi connectivity index (χ1) is 11.0. The average Bonchev–Trinajstić information content (AvgIpc) is 3.09. The maximum atomic E-state index is 13.5. The average molecular weight is 317 g/mol. The van der Waals surface area contributed by atoms with Gasteiger partial charge in [-0.1, -0.05) is 6.08 Å². The van der Waals surface area contributed by atoms with E-state index in [1.165, 1.54) is 26.2 Å². The maximum Gasteiger partial charge on any atom is 0.340 e. The lowest BCUT2D eigenvalue weighted by molar-refractivity contribution is -0.144. The Kier molecular flexibility index (Phi) is 3.90. The van der Waals surface area contributed by atoms with Gasteiger partial charge >= 0.3 is 11.9 Å². The van der Waals surface area contributed by atoms with Gasteiger partial charge in [0.1, 0.15) is 11.9 Å². The van der Waals surface area contributed by atoms with E-state index in [-0.39, 0.29) is 18.1 Å². The largest absolute Gasteiger partial charge is 0.465 e. The van der Waals surface area contributed by atoms with Crippen molar-refractivity contribution in [1.29, 1.82) is 0 Å². The van der Waals surface area contributed by atoms with Gasteiger partial charge < -0.3 is 14.0 Å². The lowest BCUT2D eigenvalue weighted by Crippen LogP contribution is -2.14. The molecule has 0 bridgehead atoms. The SMILES string of the molecule is COC(=O)c1cn([C@H]2C=C[C@@H](OC(C)=O)C2)c2ccc(F)cc12. The number of carbonyl (C=O) groups excluding carboxylic acids is 2. The lowest BCUT2D eigenvalue weighted by Gasteiger charge is -2.15. The molecule has 0 radical (unpaired) electrons. The van der Waals surface area contributed by atoms with Crippen LogP contribution >= 0.6 is 0 Å². The summed E-state index contributed by atoms with van der Waals surface area (Å²) in [7, 11) is 1.29. The van der Waals surface area contributed by atoms with E-state index in [1.807, 2.05) is 16.7 Å². The molecule has 5 nitrogen and oxygen atoms in total. The van der Waals surface area contributed by atoms with Crippen molar-refractivity contribution in [2.75, 3.05) is 7.11 Å². The Morgan fingerprint density at radius 1 is 1.30 bits per heavy atom. The zero-order valence-electron chi connectivity index (χ0n) is 12.8. The molecule has 1 aliphatic rings. The third-order valence-corrected chi connectivity index (χ3v) is 3.90. The molecule has 2 aromatic rings. The summed E-state index contributed by atoms with van der Waals surface area (Å²) < 4.78 is 25.4. The van der Waals surface area contributed by atoms with Gasteiger partial charge in [-0.15, -0.1) is 0 Å². The van der Waals surface area contributed by atoms with Crippen molar-refractivity contribution in [3.63, 3.8) is 0 Å². The Morgan fingerprint density at radius 2 is 2.09 bits per heavy atom. The summed E-state index contributed by atoms with van der Waals surface area (Å²) in [5.41, 5.74) is 1.04. The molecule has 120 valence electrons. The van der Waals surface area contributed by atoms with Gasteiger partial charge in [0.15, 0.2) is 0 Å². The Hall–Kier alpha value is -2.63. The molecule has 0 fully saturated rings. The molecule has 1 aromatic heterocycles. The highest BCUT2D eigenvalue weighted by Crippen LogP contribution is 2.32. The molecule has 0 saturated carbocycles. The number of rotatable bonds is 3. The molecule has 0 aliphatic heterocycles. The van der Waals surface area contributed by atoms with Crippen LogP contribution in [0.15, 0.2) is 36.5 Å². The molecule has 1 aliphatic carbocycles. The quantitative estimate of drug-likeness (QED) is 0.645. The van der Waals surface area contributed by atoms with Crippen molar-refractivity contribution in [3.8, 4) is 0 Å². The molecular formula is C17H16FNO4. The van der Waals surface area contributed by atoms with E-state index in [4.69, 9.17) is 9.47 Å². The van der Waals surface area contributed by atoms with Gasteiger partial charge in [-0.05, 0) is 24.3 Å². The second-order valence-electron chi connectivity index (χ2n) is 5.44. The molecule has 3 rings (SSSR count). The molecule has 0 saturated heterocycles. The minimum atomic E-state index is -0.516. The zero-order valence-corrected chi connectivity index (χ0v) is 12.8. The van der Waals surface area contributed by atoms with Crippen molar-refractivity contribution >= 4 is 22.8 Å². The number of aromatic nitrogens is 1. The second kappa shape index (κ2) is 5.87. The van der Waals surface area contributed by atoms with Crippen LogP contribution in [-0.2, 0) is 14.3 Å². The number of halogens is 1. The number of carbonyl (C=O) groups is 2. The van der Waals surface area contributed by atoms with Gasteiger partial charge in [0, 0.05) is 30.4 Å². The maximum absolute atomic E-state index is 13.5. The third-order valence-electron chi connectivity index (χ3n) is 3.90. The topological polar surface area (TPSA) is 57.5 Å². The van der Waals surface area contributed by atoms with Gasteiger partial charge in [-0.25, -0.2) is 9.18 Å². The fraction of sp³-hybridized carbons (Fsp3) is 0.294. The van der Waals surface area contributed by atoms with Gasteiger partial charge in [0.2, 0.25) is 0 Å². The number of esters is 2. The number of fused-ring (bicyclic) bond motifs is 1. The van der Waals surface area contributed by atoms with E-state index >= 15 is 0 Å². The molecule has 0 spiro atoms. The number of ether oxygens (including phenoxy) is 2. The number of hydrogen-bond acceptors (Lipinski definition) is 4. The minimum absolute atomic E-state index is 0.0780. The van der Waals surface area contributed by atoms with Gasteiger partial charge in [0.05, 0.1) is 18.7 Å². The van der Waals surface area contributed by atoms with E-state index in [1.54, 1.807) is 12.3 Å². The van der Waals surface area contributed by atoms with E-state index in [0.717, 1.165) is 5.52 Å². The first kappa shape index (κ1) is 15.3. The van der Waals surface area contributed by atoms with Crippen molar-refractivity contribution in [2.24, 2.45) is 0 Å². The smallest absolute Gasteiger partial charge is 0.340 e. The van der Waals surface area contributed by atoms with Crippen molar-refractivity contribution < 1.29 is 23.5 Å². The summed E-state index contributed by atoms with van der Waals surface area (Å²) in [4.78, 5) is 23.0. The van der Waals surface area contributed by atoms with Crippen LogP contribution in [0.4, 0.5) is 4.39 Å². The van der Waals surface area contributed by atoms with Crippen molar-refractivity contribution in [2.45, 2.75) is 25.5 Å². The van der Waals surface area contributed by atoms with Gasteiger partial charge in [-0.3, -0.25) is 4.79 Å². The Morgan fingerprint density at radius 3 is 2.78 bits per heavy atom. The number of benzene rings is 1. The molecule has 23 heavy (non-hydrogen) atoms. The highest BCUT2D eigenvalue weighted by atomic mass is 19.1. The minimum Gasteiger partial charge on any atom is -0.465 e. The predicted octanol–water partition coefficient (Wildman–Crippen LogP) is 3.00. The van der Waals surface area contributed by atoms with Crippen LogP contribution in [0.5, 0.6) is 0 Å². The molecule has 2 atom stereocenters. The monoisotopic (exact) mass is 317 g/mol. The van der Waals surface area contributed by atoms with E-state index in [2.05, 4.69) is 0 Å². The lowest BCUT2D eigenvalue weighted by atomic mass is 10.1. The normalized spacial score (nSPS) is 20.0. The predicted molar refractivity (Wildman–Crippen MR) is 81.6 cm³/mol. The summed E-state index contributed by atoms with van der Waals surface area (Å²) in [5, 5.41) is 0.501. The van der Waals surface area contributed by atoms with Crippen LogP contribution in [0.3, 0.4) is 0 Å². The molecule has 0 N–H and O–H groups in total. The standard InChI is InChI=1S/C17H16FNO4/c1-10(20)23-13-5-4-12(8-13)19-9-15(17(21)22-2)14-7-11(18)3-6-16(14)19/h3-7,9,12-13H,8H2,1-2H3/t12-,13+/m0/s1. The summed E-state index contributed by atoms with van der Waals surface area (Å²) in [5.74, 6) is -1.27. The summed E-state index contributed by atoms with van der Waals surface area (Å²) in [6, 6.07) is 4.22. The van der Waals surface area contributed by atoms with E-state index in [0.29, 0.717) is 17.4 Å². The van der Waals surface area contributed by atoms with Crippen LogP contribution < -0.4 is 0 Å². The molecule has 6 heteroatoms. The number of methoxy groups -OCH3 is 1. The fourth-order valence-corrected chi connectivity index (χ4v) is 2.93. The van der Waals surface area contributed by atoms with Crippen LogP contribution in [0, 0.1) is 5.82 Å². The van der Waals surface area contributed by atoms with Crippen LogP contribution in [0.2, 0.25) is 0 Å². The van der Waals surface area contributed by atoms with Crippen LogP contribution in [0.25, 0.3) is 10.9 Å².